The molecule has 0 bridgehead atoms. The highest BCUT2D eigenvalue weighted by Gasteiger charge is 2.56. The van der Waals surface area contributed by atoms with Gasteiger partial charge in [-0.1, -0.05) is 20.3 Å². The maximum atomic E-state index is 11.2. The molecule has 2 fully saturated rings. The van der Waals surface area contributed by atoms with Crippen LogP contribution >= 0.6 is 0 Å². The monoisotopic (exact) mass is 249 g/mol. The molecular formula is C14H19NO3. The van der Waals surface area contributed by atoms with Crippen LogP contribution in [0.5, 0.6) is 0 Å². The van der Waals surface area contributed by atoms with Gasteiger partial charge in [0.1, 0.15) is 0 Å². The number of hydrogen-bond acceptors (Lipinski definition) is 3. The molecule has 2 atom stereocenters. The van der Waals surface area contributed by atoms with Crippen molar-refractivity contribution < 1.29 is 14.3 Å². The molecule has 2 saturated carbocycles. The van der Waals surface area contributed by atoms with Gasteiger partial charge in [0, 0.05) is 5.92 Å². The summed E-state index contributed by atoms with van der Waals surface area (Å²) < 4.78 is 5.53. The van der Waals surface area contributed by atoms with E-state index >= 15 is 0 Å². The number of oxazole rings is 1. The fourth-order valence-electron chi connectivity index (χ4n) is 3.39. The number of carboxylic acid groups (broad SMARTS) is 1. The third kappa shape index (κ3) is 1.84. The van der Waals surface area contributed by atoms with Gasteiger partial charge in [0.2, 0.25) is 5.76 Å². The van der Waals surface area contributed by atoms with E-state index in [1.54, 1.807) is 0 Å². The molecule has 1 N–H and O–H groups in total. The molecule has 1 aromatic rings. The summed E-state index contributed by atoms with van der Waals surface area (Å²) in [6, 6.07) is 0. The van der Waals surface area contributed by atoms with Crippen LogP contribution in [0.2, 0.25) is 0 Å². The Labute approximate surface area is 106 Å². The summed E-state index contributed by atoms with van der Waals surface area (Å²) in [6.45, 7) is 4.12. The lowest BCUT2D eigenvalue weighted by molar-refractivity contribution is 0.0658. The highest BCUT2D eigenvalue weighted by molar-refractivity contribution is 5.85. The largest absolute Gasteiger partial charge is 0.475 e. The molecule has 1 heterocycles. The molecular weight excluding hydrogens is 230 g/mol. The number of nitrogens with zero attached hydrogens (tertiary/aromatic N) is 1. The fourth-order valence-corrected chi connectivity index (χ4v) is 3.39. The fraction of sp³-hybridized carbons (Fsp3) is 0.714. The number of carboxylic acids is 1. The van der Waals surface area contributed by atoms with Gasteiger partial charge in [0.15, 0.2) is 5.89 Å². The lowest BCUT2D eigenvalue weighted by atomic mass is 10.1. The number of rotatable bonds is 4. The summed E-state index contributed by atoms with van der Waals surface area (Å²) >= 11 is 0. The number of hydrogen-bond donors (Lipinski definition) is 1. The van der Waals surface area contributed by atoms with Crippen LogP contribution in [0.4, 0.5) is 0 Å². The summed E-state index contributed by atoms with van der Waals surface area (Å²) in [5, 5.41) is 9.16. The SMILES string of the molecule is CC(C)Cc1nc(C2C3CCCC32)oc1C(=O)O. The lowest BCUT2D eigenvalue weighted by Gasteiger charge is -2.00. The molecule has 0 aromatic carbocycles. The van der Waals surface area contributed by atoms with Gasteiger partial charge in [0.25, 0.3) is 0 Å². The van der Waals surface area contributed by atoms with Crippen LogP contribution in [0.1, 0.15) is 61.2 Å². The van der Waals surface area contributed by atoms with Gasteiger partial charge >= 0.3 is 5.97 Å². The quantitative estimate of drug-likeness (QED) is 0.890. The molecule has 0 saturated heterocycles. The Bertz CT molecular complexity index is 467. The van der Waals surface area contributed by atoms with E-state index in [0.717, 1.165) is 0 Å². The van der Waals surface area contributed by atoms with Crippen LogP contribution in [-0.2, 0) is 6.42 Å². The molecule has 4 heteroatoms. The van der Waals surface area contributed by atoms with Crippen LogP contribution < -0.4 is 0 Å². The van der Waals surface area contributed by atoms with Gasteiger partial charge in [-0.05, 0) is 37.0 Å². The highest BCUT2D eigenvalue weighted by atomic mass is 16.4. The second-order valence-corrected chi connectivity index (χ2v) is 6.02. The first-order valence-corrected chi connectivity index (χ1v) is 6.80. The summed E-state index contributed by atoms with van der Waals surface area (Å²) in [6.07, 6.45) is 4.48. The first kappa shape index (κ1) is 11.8. The normalized spacial score (nSPS) is 29.6. The minimum atomic E-state index is -0.991. The highest BCUT2D eigenvalue weighted by Crippen LogP contribution is 2.62. The van der Waals surface area contributed by atoms with Gasteiger partial charge in [0.05, 0.1) is 5.69 Å². The number of aromatic nitrogens is 1. The average Bonchev–Trinajstić information content (AvgIpc) is 2.68. The van der Waals surface area contributed by atoms with Crippen LogP contribution in [0.3, 0.4) is 0 Å². The topological polar surface area (TPSA) is 63.3 Å². The standard InChI is InChI=1S/C14H19NO3/c1-7(2)6-10-12(14(16)17)18-13(15-10)11-8-4-3-5-9(8)11/h7-9,11H,3-6H2,1-2H3,(H,16,17). The predicted molar refractivity (Wildman–Crippen MR) is 65.6 cm³/mol. The number of aromatic carboxylic acids is 1. The van der Waals surface area contributed by atoms with Gasteiger partial charge in [-0.3, -0.25) is 0 Å². The number of carbonyl (C=O) groups is 1. The second kappa shape index (κ2) is 4.11. The average molecular weight is 249 g/mol. The Kier molecular flexibility index (Phi) is 2.68. The molecule has 2 aliphatic rings. The molecule has 0 spiro atoms. The van der Waals surface area contributed by atoms with Crippen molar-refractivity contribution >= 4 is 5.97 Å². The first-order valence-electron chi connectivity index (χ1n) is 6.80. The van der Waals surface area contributed by atoms with Gasteiger partial charge < -0.3 is 9.52 Å². The molecule has 2 aliphatic carbocycles. The zero-order valence-corrected chi connectivity index (χ0v) is 10.8. The minimum Gasteiger partial charge on any atom is -0.475 e. The van der Waals surface area contributed by atoms with E-state index in [0.29, 0.717) is 41.7 Å². The molecule has 2 unspecified atom stereocenters. The maximum Gasteiger partial charge on any atom is 0.373 e. The van der Waals surface area contributed by atoms with Crippen LogP contribution in [0.15, 0.2) is 4.42 Å². The summed E-state index contributed by atoms with van der Waals surface area (Å²) in [7, 11) is 0. The molecule has 4 nitrogen and oxygen atoms in total. The number of fused-ring (bicyclic) bond motifs is 1. The summed E-state index contributed by atoms with van der Waals surface area (Å²) in [4.78, 5) is 15.6. The van der Waals surface area contributed by atoms with Gasteiger partial charge in [-0.15, -0.1) is 0 Å². The van der Waals surface area contributed by atoms with E-state index in [-0.39, 0.29) is 5.76 Å². The van der Waals surface area contributed by atoms with E-state index in [9.17, 15) is 4.79 Å². The van der Waals surface area contributed by atoms with Crippen molar-refractivity contribution in [1.82, 2.24) is 4.98 Å². The summed E-state index contributed by atoms with van der Waals surface area (Å²) in [5.74, 6) is 1.95. The van der Waals surface area contributed by atoms with Crippen molar-refractivity contribution in [3.63, 3.8) is 0 Å². The third-order valence-electron chi connectivity index (χ3n) is 4.20. The molecule has 0 amide bonds. The Balaban J connectivity index is 1.85. The molecule has 18 heavy (non-hydrogen) atoms. The van der Waals surface area contributed by atoms with Crippen LogP contribution in [0, 0.1) is 17.8 Å². The van der Waals surface area contributed by atoms with Crippen molar-refractivity contribution in [2.24, 2.45) is 17.8 Å². The lowest BCUT2D eigenvalue weighted by Crippen LogP contribution is -2.03. The maximum absolute atomic E-state index is 11.2. The Hall–Kier alpha value is -1.32. The van der Waals surface area contributed by atoms with Gasteiger partial charge in [-0.2, -0.15) is 0 Å². The Morgan fingerprint density at radius 3 is 2.67 bits per heavy atom. The Morgan fingerprint density at radius 2 is 2.11 bits per heavy atom. The first-order chi connectivity index (χ1) is 8.58. The van der Waals surface area contributed by atoms with E-state index in [4.69, 9.17) is 9.52 Å². The Morgan fingerprint density at radius 1 is 1.44 bits per heavy atom. The van der Waals surface area contributed by atoms with Crippen LogP contribution in [0.25, 0.3) is 0 Å². The zero-order valence-electron chi connectivity index (χ0n) is 10.8. The van der Waals surface area contributed by atoms with Crippen molar-refractivity contribution in [3.05, 3.63) is 17.3 Å². The smallest absolute Gasteiger partial charge is 0.373 e. The third-order valence-corrected chi connectivity index (χ3v) is 4.20. The van der Waals surface area contributed by atoms with Crippen molar-refractivity contribution in [1.29, 1.82) is 0 Å². The molecule has 98 valence electrons. The molecule has 1 aromatic heterocycles. The van der Waals surface area contributed by atoms with Gasteiger partial charge in [-0.25, -0.2) is 9.78 Å². The van der Waals surface area contributed by atoms with E-state index in [2.05, 4.69) is 18.8 Å². The van der Waals surface area contributed by atoms with Crippen LogP contribution in [-0.4, -0.2) is 16.1 Å². The van der Waals surface area contributed by atoms with Crippen molar-refractivity contribution in [3.8, 4) is 0 Å². The molecule has 3 rings (SSSR count). The van der Waals surface area contributed by atoms with E-state index in [1.807, 2.05) is 0 Å². The minimum absolute atomic E-state index is 0.0590. The second-order valence-electron chi connectivity index (χ2n) is 6.02. The van der Waals surface area contributed by atoms with E-state index < -0.39 is 5.97 Å². The molecule has 0 aliphatic heterocycles. The summed E-state index contributed by atoms with van der Waals surface area (Å²) in [5.41, 5.74) is 0.623. The van der Waals surface area contributed by atoms with Crippen molar-refractivity contribution in [2.75, 3.05) is 0 Å². The van der Waals surface area contributed by atoms with Crippen molar-refractivity contribution in [2.45, 2.75) is 45.4 Å². The molecule has 0 radical (unpaired) electrons. The predicted octanol–water partition coefficient (Wildman–Crippen LogP) is 3.08. The zero-order chi connectivity index (χ0) is 12.9. The van der Waals surface area contributed by atoms with E-state index in [1.165, 1.54) is 19.3 Å².